The van der Waals surface area contributed by atoms with Gasteiger partial charge in [0.25, 0.3) is 5.60 Å². The molecule has 0 aliphatic heterocycles. The van der Waals surface area contributed by atoms with E-state index in [0.717, 1.165) is 25.7 Å². The van der Waals surface area contributed by atoms with Crippen LogP contribution in [0.15, 0.2) is 24.1 Å². The van der Waals surface area contributed by atoms with Gasteiger partial charge in [0.15, 0.2) is 0 Å². The predicted molar refractivity (Wildman–Crippen MR) is 87.8 cm³/mol. The molecule has 0 bridgehead atoms. The van der Waals surface area contributed by atoms with Crippen molar-refractivity contribution in [1.29, 1.82) is 0 Å². The summed E-state index contributed by atoms with van der Waals surface area (Å²) in [6.07, 6.45) is -16.1. The van der Waals surface area contributed by atoms with E-state index < -0.39 is 60.5 Å². The van der Waals surface area contributed by atoms with Crippen LogP contribution in [0.25, 0.3) is 0 Å². The van der Waals surface area contributed by atoms with Crippen molar-refractivity contribution in [3.8, 4) is 0 Å². The highest BCUT2D eigenvalue weighted by Gasteiger charge is 2.72. The Morgan fingerprint density at radius 2 is 1.35 bits per heavy atom. The number of hydrogen-bond donors (Lipinski definition) is 1. The number of aliphatic hydroxyl groups is 1. The molecule has 1 N–H and O–H groups in total. The van der Waals surface area contributed by atoms with Gasteiger partial charge in [-0.05, 0) is 43.4 Å². The van der Waals surface area contributed by atoms with Crippen LogP contribution >= 0.6 is 0 Å². The summed E-state index contributed by atoms with van der Waals surface area (Å²) in [4.78, 5) is 0. The Bertz CT molecular complexity index is 687. The predicted octanol–water partition coefficient (Wildman–Crippen LogP) is 7.48. The number of alkyl halides is 8. The molecule has 12 heteroatoms. The lowest BCUT2D eigenvalue weighted by Gasteiger charge is -2.47. The molecule has 1 spiro atoms. The summed E-state index contributed by atoms with van der Waals surface area (Å²) in [6.45, 7) is 3.44. The fourth-order valence-electron chi connectivity index (χ4n) is 4.67. The van der Waals surface area contributed by atoms with Crippen molar-refractivity contribution in [2.75, 3.05) is 0 Å². The summed E-state index contributed by atoms with van der Waals surface area (Å²) in [6, 6.07) is 0. The zero-order valence-corrected chi connectivity index (χ0v) is 16.1. The Morgan fingerprint density at radius 3 is 1.74 bits per heavy atom. The van der Waals surface area contributed by atoms with Crippen molar-refractivity contribution >= 4 is 0 Å². The third-order valence-corrected chi connectivity index (χ3v) is 6.56. The van der Waals surface area contributed by atoms with E-state index in [0.29, 0.717) is 12.8 Å². The van der Waals surface area contributed by atoms with E-state index in [9.17, 15) is 53.4 Å². The van der Waals surface area contributed by atoms with E-state index >= 15 is 0 Å². The average Bonchev–Trinajstić information content (AvgIpc) is 3.06. The second-order valence-electron chi connectivity index (χ2n) is 8.63. The standard InChI is InChI=1S/C19H21F11O/c1-10(11-7-15(8-11)4-2-3-5-15)6-12(17(23,24)13(20)14(21)22)9-16(31,18(25,26)27)19(28,29)30/h11-12,31H,1-9H2. The van der Waals surface area contributed by atoms with Crippen LogP contribution in [0.5, 0.6) is 0 Å². The molecule has 31 heavy (non-hydrogen) atoms. The van der Waals surface area contributed by atoms with E-state index in [4.69, 9.17) is 0 Å². The van der Waals surface area contributed by atoms with Gasteiger partial charge in [0.05, 0.1) is 0 Å². The number of halogens is 11. The molecule has 1 unspecified atom stereocenters. The van der Waals surface area contributed by atoms with Crippen LogP contribution in [0, 0.1) is 17.3 Å². The second-order valence-corrected chi connectivity index (χ2v) is 8.63. The first kappa shape index (κ1) is 25.9. The Hall–Kier alpha value is -1.33. The van der Waals surface area contributed by atoms with Gasteiger partial charge in [0.2, 0.25) is 5.83 Å². The molecule has 0 aromatic carbocycles. The SMILES string of the molecule is C=C(CC(CC(O)(C(F)(F)F)C(F)(F)F)C(F)(F)C(F)=C(F)F)C1CC2(CCCC2)C1. The van der Waals surface area contributed by atoms with Crippen LogP contribution in [0.3, 0.4) is 0 Å². The van der Waals surface area contributed by atoms with E-state index in [2.05, 4.69) is 6.58 Å². The summed E-state index contributed by atoms with van der Waals surface area (Å²) >= 11 is 0. The quantitative estimate of drug-likeness (QED) is 0.300. The van der Waals surface area contributed by atoms with Crippen LogP contribution in [0.1, 0.15) is 51.4 Å². The maximum atomic E-state index is 14.3. The summed E-state index contributed by atoms with van der Waals surface area (Å²) < 4.78 is 145. The molecule has 180 valence electrons. The molecule has 0 aromatic heterocycles. The Labute approximate surface area is 171 Å². The molecule has 2 saturated carbocycles. The minimum absolute atomic E-state index is 0.0828. The molecule has 0 radical (unpaired) electrons. The fourth-order valence-corrected chi connectivity index (χ4v) is 4.67. The van der Waals surface area contributed by atoms with Crippen LogP contribution in [-0.4, -0.2) is 29.0 Å². The van der Waals surface area contributed by atoms with E-state index in [1.807, 2.05) is 0 Å². The zero-order chi connectivity index (χ0) is 24.0. The van der Waals surface area contributed by atoms with Crippen molar-refractivity contribution in [2.45, 2.75) is 75.2 Å². The minimum atomic E-state index is -6.46. The van der Waals surface area contributed by atoms with Gasteiger partial charge >= 0.3 is 24.4 Å². The summed E-state index contributed by atoms with van der Waals surface area (Å²) in [5.74, 6) is -12.6. The van der Waals surface area contributed by atoms with Crippen molar-refractivity contribution in [3.63, 3.8) is 0 Å². The first-order valence-corrected chi connectivity index (χ1v) is 9.49. The van der Waals surface area contributed by atoms with Crippen molar-refractivity contribution in [2.24, 2.45) is 17.3 Å². The molecule has 1 nitrogen and oxygen atoms in total. The van der Waals surface area contributed by atoms with Gasteiger partial charge in [-0.2, -0.15) is 48.3 Å². The van der Waals surface area contributed by atoms with Gasteiger partial charge in [-0.1, -0.05) is 25.0 Å². The number of allylic oxidation sites excluding steroid dienone is 2. The highest BCUT2D eigenvalue weighted by Crippen LogP contribution is 2.59. The minimum Gasteiger partial charge on any atom is -0.374 e. The number of hydrogen-bond acceptors (Lipinski definition) is 1. The van der Waals surface area contributed by atoms with Crippen LogP contribution in [0.2, 0.25) is 0 Å². The molecular weight excluding hydrogens is 453 g/mol. The molecule has 0 amide bonds. The Morgan fingerprint density at radius 1 is 0.903 bits per heavy atom. The summed E-state index contributed by atoms with van der Waals surface area (Å²) in [7, 11) is 0. The van der Waals surface area contributed by atoms with Gasteiger partial charge in [-0.15, -0.1) is 0 Å². The Kier molecular flexibility index (Phi) is 6.88. The monoisotopic (exact) mass is 474 g/mol. The lowest BCUT2D eigenvalue weighted by molar-refractivity contribution is -0.375. The maximum Gasteiger partial charge on any atom is 0.426 e. The fraction of sp³-hybridized carbons (Fsp3) is 0.789. The summed E-state index contributed by atoms with van der Waals surface area (Å²) in [5.41, 5.74) is -5.91. The zero-order valence-electron chi connectivity index (χ0n) is 16.1. The van der Waals surface area contributed by atoms with Gasteiger partial charge in [-0.25, -0.2) is 0 Å². The van der Waals surface area contributed by atoms with Crippen molar-refractivity contribution in [3.05, 3.63) is 24.1 Å². The highest BCUT2D eigenvalue weighted by atomic mass is 19.4. The van der Waals surface area contributed by atoms with Crippen molar-refractivity contribution < 1.29 is 53.4 Å². The third kappa shape index (κ3) is 4.88. The van der Waals surface area contributed by atoms with E-state index in [1.54, 1.807) is 0 Å². The summed E-state index contributed by atoms with van der Waals surface area (Å²) in [5, 5.41) is 9.29. The highest BCUT2D eigenvalue weighted by molar-refractivity contribution is 5.17. The molecule has 2 fully saturated rings. The van der Waals surface area contributed by atoms with Crippen LogP contribution < -0.4 is 0 Å². The molecular formula is C19H21F11O. The Balaban J connectivity index is 2.33. The second kappa shape index (κ2) is 8.22. The average molecular weight is 474 g/mol. The maximum absolute atomic E-state index is 14.3. The molecule has 0 saturated heterocycles. The molecule has 2 aliphatic carbocycles. The van der Waals surface area contributed by atoms with Gasteiger partial charge in [-0.3, -0.25) is 0 Å². The topological polar surface area (TPSA) is 20.2 Å². The van der Waals surface area contributed by atoms with Crippen molar-refractivity contribution in [1.82, 2.24) is 0 Å². The lowest BCUT2D eigenvalue weighted by Crippen LogP contribution is -2.59. The van der Waals surface area contributed by atoms with Crippen LogP contribution in [0.4, 0.5) is 48.3 Å². The third-order valence-electron chi connectivity index (χ3n) is 6.56. The smallest absolute Gasteiger partial charge is 0.374 e. The first-order chi connectivity index (χ1) is 13.9. The molecule has 0 aromatic rings. The normalized spacial score (nSPS) is 21.2. The molecule has 1 atom stereocenters. The lowest BCUT2D eigenvalue weighted by atomic mass is 9.58. The molecule has 2 rings (SSSR count). The number of rotatable bonds is 7. The van der Waals surface area contributed by atoms with Crippen LogP contribution in [-0.2, 0) is 0 Å². The van der Waals surface area contributed by atoms with Gasteiger partial charge in [0, 0.05) is 12.3 Å². The first-order valence-electron chi connectivity index (χ1n) is 9.49. The molecule has 2 aliphatic rings. The van der Waals surface area contributed by atoms with Gasteiger partial charge < -0.3 is 5.11 Å². The largest absolute Gasteiger partial charge is 0.426 e. The van der Waals surface area contributed by atoms with Gasteiger partial charge in [0.1, 0.15) is 0 Å². The van der Waals surface area contributed by atoms with E-state index in [-0.39, 0.29) is 11.0 Å². The van der Waals surface area contributed by atoms with E-state index in [1.165, 1.54) is 0 Å². The molecule has 0 heterocycles.